The molecule has 5 nitrogen and oxygen atoms in total. The Morgan fingerprint density at radius 2 is 1.88 bits per heavy atom. The van der Waals surface area contributed by atoms with Crippen molar-refractivity contribution in [2.75, 3.05) is 18.0 Å². The molecular formula is C19H17N3O2. The summed E-state index contributed by atoms with van der Waals surface area (Å²) < 4.78 is 0. The fraction of sp³-hybridized carbons (Fsp3) is 0.211. The molecule has 0 unspecified atom stereocenters. The fourth-order valence-electron chi connectivity index (χ4n) is 2.89. The average molecular weight is 319 g/mol. The number of nitrogens with zero attached hydrogens (tertiary/aromatic N) is 3. The molecule has 0 spiro atoms. The standard InChI is InChI=1S/C19H17N3O2/c20-14-17(16-4-3-5-19(13-16)22(23)24)12-15-6-8-18(9-7-15)21-10-1-2-11-21/h3-9,12-13H,1-2,10-11H2/b17-12-. The molecule has 1 aliphatic heterocycles. The molecule has 24 heavy (non-hydrogen) atoms. The van der Waals surface area contributed by atoms with Gasteiger partial charge < -0.3 is 4.90 Å². The first-order chi connectivity index (χ1) is 11.7. The molecule has 0 bridgehead atoms. The lowest BCUT2D eigenvalue weighted by molar-refractivity contribution is -0.384. The van der Waals surface area contributed by atoms with Crippen molar-refractivity contribution in [3.63, 3.8) is 0 Å². The zero-order valence-electron chi connectivity index (χ0n) is 13.2. The lowest BCUT2D eigenvalue weighted by Gasteiger charge is -2.17. The second-order valence-electron chi connectivity index (χ2n) is 5.76. The van der Waals surface area contributed by atoms with Gasteiger partial charge in [-0.05, 0) is 42.2 Å². The number of nitriles is 1. The van der Waals surface area contributed by atoms with Crippen LogP contribution in [0.2, 0.25) is 0 Å². The van der Waals surface area contributed by atoms with E-state index < -0.39 is 4.92 Å². The third-order valence-corrected chi connectivity index (χ3v) is 4.16. The molecule has 1 saturated heterocycles. The van der Waals surface area contributed by atoms with Gasteiger partial charge in [0.05, 0.1) is 16.6 Å². The van der Waals surface area contributed by atoms with Crippen LogP contribution in [-0.4, -0.2) is 18.0 Å². The predicted octanol–water partition coefficient (Wildman–Crippen LogP) is 4.26. The molecule has 0 N–H and O–H groups in total. The van der Waals surface area contributed by atoms with Gasteiger partial charge in [0, 0.05) is 30.9 Å². The molecule has 5 heteroatoms. The molecular weight excluding hydrogens is 302 g/mol. The monoisotopic (exact) mass is 319 g/mol. The van der Waals surface area contributed by atoms with Gasteiger partial charge in [-0.2, -0.15) is 5.26 Å². The van der Waals surface area contributed by atoms with E-state index in [4.69, 9.17) is 0 Å². The average Bonchev–Trinajstić information content (AvgIpc) is 3.15. The molecule has 1 aliphatic rings. The largest absolute Gasteiger partial charge is 0.372 e. The van der Waals surface area contributed by atoms with Crippen LogP contribution in [0.1, 0.15) is 24.0 Å². The maximum atomic E-state index is 10.9. The number of benzene rings is 2. The van der Waals surface area contributed by atoms with Crippen LogP contribution >= 0.6 is 0 Å². The Kier molecular flexibility index (Phi) is 4.57. The Bertz CT molecular complexity index is 813. The molecule has 0 aromatic heterocycles. The van der Waals surface area contributed by atoms with Crippen molar-refractivity contribution in [3.8, 4) is 6.07 Å². The number of nitro groups is 1. The zero-order chi connectivity index (χ0) is 16.9. The van der Waals surface area contributed by atoms with Crippen molar-refractivity contribution in [2.24, 2.45) is 0 Å². The van der Waals surface area contributed by atoms with Gasteiger partial charge >= 0.3 is 0 Å². The van der Waals surface area contributed by atoms with Crippen LogP contribution < -0.4 is 4.90 Å². The molecule has 2 aromatic carbocycles. The van der Waals surface area contributed by atoms with Gasteiger partial charge in [0.1, 0.15) is 0 Å². The van der Waals surface area contributed by atoms with Gasteiger partial charge in [-0.15, -0.1) is 0 Å². The summed E-state index contributed by atoms with van der Waals surface area (Å²) in [7, 11) is 0. The zero-order valence-corrected chi connectivity index (χ0v) is 13.2. The van der Waals surface area contributed by atoms with Gasteiger partial charge in [-0.25, -0.2) is 0 Å². The van der Waals surface area contributed by atoms with Crippen molar-refractivity contribution < 1.29 is 4.92 Å². The van der Waals surface area contributed by atoms with Crippen LogP contribution in [0.5, 0.6) is 0 Å². The Labute approximate surface area is 140 Å². The van der Waals surface area contributed by atoms with Crippen molar-refractivity contribution in [1.82, 2.24) is 0 Å². The number of nitro benzene ring substituents is 1. The lowest BCUT2D eigenvalue weighted by Crippen LogP contribution is -2.17. The van der Waals surface area contributed by atoms with Crippen LogP contribution in [-0.2, 0) is 0 Å². The predicted molar refractivity (Wildman–Crippen MR) is 94.5 cm³/mol. The Morgan fingerprint density at radius 1 is 1.17 bits per heavy atom. The van der Waals surface area contributed by atoms with Crippen LogP contribution in [0.15, 0.2) is 48.5 Å². The first kappa shape index (κ1) is 15.8. The first-order valence-corrected chi connectivity index (χ1v) is 7.89. The van der Waals surface area contributed by atoms with E-state index in [0.717, 1.165) is 18.7 Å². The smallest absolute Gasteiger partial charge is 0.270 e. The number of allylic oxidation sites excluding steroid dienone is 1. The number of hydrogen-bond acceptors (Lipinski definition) is 4. The summed E-state index contributed by atoms with van der Waals surface area (Å²) in [5.41, 5.74) is 3.04. The van der Waals surface area contributed by atoms with Crippen LogP contribution in [0.4, 0.5) is 11.4 Å². The Hall–Kier alpha value is -3.13. The van der Waals surface area contributed by atoms with E-state index in [2.05, 4.69) is 23.1 Å². The second-order valence-corrected chi connectivity index (χ2v) is 5.76. The molecule has 0 atom stereocenters. The summed E-state index contributed by atoms with van der Waals surface area (Å²) in [6.45, 7) is 2.18. The molecule has 0 amide bonds. The molecule has 0 aliphatic carbocycles. The molecule has 0 radical (unpaired) electrons. The summed E-state index contributed by atoms with van der Waals surface area (Å²) in [5.74, 6) is 0. The molecule has 0 saturated carbocycles. The summed E-state index contributed by atoms with van der Waals surface area (Å²) in [6, 6.07) is 16.3. The molecule has 1 fully saturated rings. The highest BCUT2D eigenvalue weighted by atomic mass is 16.6. The van der Waals surface area contributed by atoms with Crippen molar-refractivity contribution in [3.05, 3.63) is 69.8 Å². The maximum absolute atomic E-state index is 10.9. The van der Waals surface area contributed by atoms with Gasteiger partial charge in [0.2, 0.25) is 0 Å². The molecule has 2 aromatic rings. The second kappa shape index (κ2) is 6.97. The van der Waals surface area contributed by atoms with Gasteiger partial charge in [0.25, 0.3) is 5.69 Å². The SMILES string of the molecule is N#C/C(=C/c1ccc(N2CCCC2)cc1)c1cccc([N+](=O)[O-])c1. The summed E-state index contributed by atoms with van der Waals surface area (Å²) >= 11 is 0. The van der Waals surface area contributed by atoms with E-state index in [9.17, 15) is 15.4 Å². The van der Waals surface area contributed by atoms with E-state index in [-0.39, 0.29) is 5.69 Å². The summed E-state index contributed by atoms with van der Waals surface area (Å²) in [5, 5.41) is 20.3. The van der Waals surface area contributed by atoms with Gasteiger partial charge in [-0.1, -0.05) is 24.3 Å². The van der Waals surface area contributed by atoms with Crippen molar-refractivity contribution in [1.29, 1.82) is 5.26 Å². The minimum Gasteiger partial charge on any atom is -0.372 e. The molecule has 1 heterocycles. The Balaban J connectivity index is 1.86. The fourth-order valence-corrected chi connectivity index (χ4v) is 2.89. The van der Waals surface area contributed by atoms with Crippen LogP contribution in [0.3, 0.4) is 0 Å². The van der Waals surface area contributed by atoms with E-state index >= 15 is 0 Å². The first-order valence-electron chi connectivity index (χ1n) is 7.89. The number of rotatable bonds is 4. The lowest BCUT2D eigenvalue weighted by atomic mass is 10.0. The van der Waals surface area contributed by atoms with E-state index in [1.807, 2.05) is 12.1 Å². The van der Waals surface area contributed by atoms with Gasteiger partial charge in [0.15, 0.2) is 0 Å². The van der Waals surface area contributed by atoms with Crippen molar-refractivity contribution >= 4 is 23.0 Å². The minimum absolute atomic E-state index is 0.0157. The quantitative estimate of drug-likeness (QED) is 0.365. The highest BCUT2D eigenvalue weighted by Gasteiger charge is 2.12. The number of anilines is 1. The van der Waals surface area contributed by atoms with Gasteiger partial charge in [-0.3, -0.25) is 10.1 Å². The van der Waals surface area contributed by atoms with E-state index in [1.165, 1.54) is 30.7 Å². The minimum atomic E-state index is -0.455. The van der Waals surface area contributed by atoms with Crippen LogP contribution in [0.25, 0.3) is 11.6 Å². The molecule has 120 valence electrons. The highest BCUT2D eigenvalue weighted by molar-refractivity contribution is 5.90. The van der Waals surface area contributed by atoms with E-state index in [1.54, 1.807) is 18.2 Å². The molecule has 3 rings (SSSR count). The summed E-state index contributed by atoms with van der Waals surface area (Å²) in [4.78, 5) is 12.8. The highest BCUT2D eigenvalue weighted by Crippen LogP contribution is 2.24. The third kappa shape index (κ3) is 3.44. The van der Waals surface area contributed by atoms with Crippen LogP contribution in [0, 0.1) is 21.4 Å². The van der Waals surface area contributed by atoms with E-state index in [0.29, 0.717) is 11.1 Å². The normalized spacial score (nSPS) is 14.5. The van der Waals surface area contributed by atoms with Crippen molar-refractivity contribution in [2.45, 2.75) is 12.8 Å². The number of hydrogen-bond donors (Lipinski definition) is 0. The maximum Gasteiger partial charge on any atom is 0.270 e. The summed E-state index contributed by atoms with van der Waals surface area (Å²) in [6.07, 6.45) is 4.22. The number of non-ortho nitro benzene ring substituents is 1. The third-order valence-electron chi connectivity index (χ3n) is 4.16. The Morgan fingerprint density at radius 3 is 2.50 bits per heavy atom. The topological polar surface area (TPSA) is 70.2 Å².